The lowest BCUT2D eigenvalue weighted by Gasteiger charge is -2.16. The van der Waals surface area contributed by atoms with Gasteiger partial charge >= 0.3 is 0 Å². The van der Waals surface area contributed by atoms with E-state index in [0.717, 1.165) is 5.76 Å². The van der Waals surface area contributed by atoms with Gasteiger partial charge in [0, 0.05) is 18.8 Å². The SMILES string of the molecule is COc1cccc(NC(=O)CN(C)C(=O)CSc2nncn2Cc2ccco2)c1. The summed E-state index contributed by atoms with van der Waals surface area (Å²) in [5, 5.41) is 11.3. The molecule has 0 bridgehead atoms. The molecule has 3 aromatic rings. The van der Waals surface area contributed by atoms with Crippen molar-refractivity contribution in [1.29, 1.82) is 0 Å². The van der Waals surface area contributed by atoms with E-state index < -0.39 is 0 Å². The first kappa shape index (κ1) is 20.5. The first-order valence-electron chi connectivity index (χ1n) is 8.76. The second-order valence-corrected chi connectivity index (χ2v) is 7.08. The summed E-state index contributed by atoms with van der Waals surface area (Å²) in [5.41, 5.74) is 0.607. The first-order valence-corrected chi connectivity index (χ1v) is 9.74. The highest BCUT2D eigenvalue weighted by Gasteiger charge is 2.16. The minimum atomic E-state index is -0.292. The van der Waals surface area contributed by atoms with Gasteiger partial charge in [-0.1, -0.05) is 17.8 Å². The number of rotatable bonds is 9. The van der Waals surface area contributed by atoms with E-state index in [4.69, 9.17) is 9.15 Å². The lowest BCUT2D eigenvalue weighted by atomic mass is 10.3. The Kier molecular flexibility index (Phi) is 6.90. The van der Waals surface area contributed by atoms with Gasteiger partial charge in [0.25, 0.3) is 0 Å². The van der Waals surface area contributed by atoms with Crippen LogP contribution in [-0.4, -0.2) is 57.9 Å². The average molecular weight is 415 g/mol. The summed E-state index contributed by atoms with van der Waals surface area (Å²) in [6, 6.07) is 10.7. The molecule has 0 saturated heterocycles. The fourth-order valence-electron chi connectivity index (χ4n) is 2.48. The molecular weight excluding hydrogens is 394 g/mol. The molecule has 2 amide bonds. The number of hydrogen-bond acceptors (Lipinski definition) is 7. The van der Waals surface area contributed by atoms with Gasteiger partial charge in [-0.25, -0.2) is 0 Å². The molecule has 0 aliphatic carbocycles. The predicted octanol–water partition coefficient (Wildman–Crippen LogP) is 2.12. The molecule has 0 fully saturated rings. The Morgan fingerprint density at radius 3 is 2.93 bits per heavy atom. The minimum absolute atomic E-state index is 0.0598. The molecule has 29 heavy (non-hydrogen) atoms. The van der Waals surface area contributed by atoms with Crippen LogP contribution in [0.2, 0.25) is 0 Å². The van der Waals surface area contributed by atoms with E-state index in [1.807, 2.05) is 12.1 Å². The van der Waals surface area contributed by atoms with Gasteiger partial charge in [-0.05, 0) is 24.3 Å². The van der Waals surface area contributed by atoms with Crippen molar-refractivity contribution in [2.24, 2.45) is 0 Å². The molecular formula is C19H21N5O4S. The van der Waals surface area contributed by atoms with Crippen molar-refractivity contribution in [3.63, 3.8) is 0 Å². The maximum atomic E-state index is 12.4. The topological polar surface area (TPSA) is 102 Å². The number of nitrogens with one attached hydrogen (secondary N) is 1. The molecule has 0 radical (unpaired) electrons. The molecule has 0 unspecified atom stereocenters. The number of anilines is 1. The normalized spacial score (nSPS) is 10.6. The summed E-state index contributed by atoms with van der Waals surface area (Å²) in [6.45, 7) is 0.422. The third-order valence-electron chi connectivity index (χ3n) is 3.97. The Labute approximate surface area is 172 Å². The Morgan fingerprint density at radius 1 is 1.31 bits per heavy atom. The summed E-state index contributed by atoms with van der Waals surface area (Å²) in [7, 11) is 3.14. The number of methoxy groups -OCH3 is 1. The Bertz CT molecular complexity index is 957. The summed E-state index contributed by atoms with van der Waals surface area (Å²) >= 11 is 1.26. The third kappa shape index (κ3) is 5.85. The lowest BCUT2D eigenvalue weighted by Crippen LogP contribution is -2.36. The molecule has 1 N–H and O–H groups in total. The number of carbonyl (C=O) groups is 2. The molecule has 3 rings (SSSR count). The van der Waals surface area contributed by atoms with E-state index in [2.05, 4.69) is 15.5 Å². The monoisotopic (exact) mass is 415 g/mol. The maximum absolute atomic E-state index is 12.4. The molecule has 152 valence electrons. The first-order chi connectivity index (χ1) is 14.0. The molecule has 0 aliphatic heterocycles. The predicted molar refractivity (Wildman–Crippen MR) is 108 cm³/mol. The molecule has 0 aliphatic rings. The lowest BCUT2D eigenvalue weighted by molar-refractivity contribution is -0.131. The number of likely N-dealkylation sites (N-methyl/N-ethyl adjacent to an activating group) is 1. The number of carbonyl (C=O) groups excluding carboxylic acids is 2. The van der Waals surface area contributed by atoms with Crippen molar-refractivity contribution >= 4 is 29.3 Å². The standard InChI is InChI=1S/C19H21N5O4S/c1-23(11-17(25)21-14-5-3-6-15(9-14)27-2)18(26)12-29-19-22-20-13-24(19)10-16-7-4-8-28-16/h3-9,13H,10-12H2,1-2H3,(H,21,25). The Balaban J connectivity index is 1.48. The molecule has 0 atom stereocenters. The fourth-order valence-corrected chi connectivity index (χ4v) is 3.33. The number of amides is 2. The second kappa shape index (κ2) is 9.78. The molecule has 0 saturated carbocycles. The van der Waals surface area contributed by atoms with Gasteiger partial charge in [-0.3, -0.25) is 9.59 Å². The van der Waals surface area contributed by atoms with Crippen LogP contribution in [-0.2, 0) is 16.1 Å². The van der Waals surface area contributed by atoms with Gasteiger partial charge in [0.1, 0.15) is 17.8 Å². The van der Waals surface area contributed by atoms with Gasteiger partial charge in [-0.15, -0.1) is 10.2 Å². The van der Waals surface area contributed by atoms with Crippen LogP contribution in [0.25, 0.3) is 0 Å². The number of nitrogens with zero attached hydrogens (tertiary/aromatic N) is 4. The molecule has 2 heterocycles. The number of hydrogen-bond donors (Lipinski definition) is 1. The van der Waals surface area contributed by atoms with Crippen LogP contribution in [0.3, 0.4) is 0 Å². The van der Waals surface area contributed by atoms with Gasteiger partial charge in [0.2, 0.25) is 11.8 Å². The Hall–Kier alpha value is -3.27. The molecule has 10 heteroatoms. The quantitative estimate of drug-likeness (QED) is 0.534. The number of aromatic nitrogens is 3. The van der Waals surface area contributed by atoms with Crippen molar-refractivity contribution in [3.8, 4) is 5.75 Å². The van der Waals surface area contributed by atoms with Crippen LogP contribution in [0.1, 0.15) is 5.76 Å². The van der Waals surface area contributed by atoms with Crippen molar-refractivity contribution in [1.82, 2.24) is 19.7 Å². The van der Waals surface area contributed by atoms with Crippen molar-refractivity contribution in [2.45, 2.75) is 11.7 Å². The average Bonchev–Trinajstić information content (AvgIpc) is 3.38. The Morgan fingerprint density at radius 2 is 2.17 bits per heavy atom. The molecule has 1 aromatic carbocycles. The van der Waals surface area contributed by atoms with Gasteiger partial charge in [-0.2, -0.15) is 0 Å². The highest BCUT2D eigenvalue weighted by molar-refractivity contribution is 7.99. The molecule has 9 nitrogen and oxygen atoms in total. The van der Waals surface area contributed by atoms with Crippen molar-refractivity contribution in [3.05, 3.63) is 54.7 Å². The van der Waals surface area contributed by atoms with E-state index in [-0.39, 0.29) is 24.1 Å². The van der Waals surface area contributed by atoms with E-state index >= 15 is 0 Å². The zero-order valence-electron chi connectivity index (χ0n) is 16.1. The van der Waals surface area contributed by atoms with Crippen molar-refractivity contribution in [2.75, 3.05) is 31.8 Å². The molecule has 2 aromatic heterocycles. The fraction of sp³-hybridized carbons (Fsp3) is 0.263. The second-order valence-electron chi connectivity index (χ2n) is 6.14. The summed E-state index contributed by atoms with van der Waals surface area (Å²) < 4.78 is 12.2. The number of ether oxygens (including phenoxy) is 1. The van der Waals surface area contributed by atoms with Crippen LogP contribution in [0.15, 0.2) is 58.6 Å². The van der Waals surface area contributed by atoms with Crippen LogP contribution in [0, 0.1) is 0 Å². The van der Waals surface area contributed by atoms with E-state index in [1.54, 1.807) is 55.6 Å². The maximum Gasteiger partial charge on any atom is 0.243 e. The minimum Gasteiger partial charge on any atom is -0.497 e. The van der Waals surface area contributed by atoms with Gasteiger partial charge < -0.3 is 23.9 Å². The van der Waals surface area contributed by atoms with Gasteiger partial charge in [0.05, 0.1) is 32.2 Å². The molecule has 0 spiro atoms. The summed E-state index contributed by atoms with van der Waals surface area (Å²) in [4.78, 5) is 26.0. The van der Waals surface area contributed by atoms with Crippen molar-refractivity contribution < 1.29 is 18.7 Å². The largest absolute Gasteiger partial charge is 0.497 e. The summed E-state index contributed by atoms with van der Waals surface area (Å²) in [5.74, 6) is 1.06. The zero-order valence-corrected chi connectivity index (χ0v) is 16.9. The third-order valence-corrected chi connectivity index (χ3v) is 4.94. The number of benzene rings is 1. The summed E-state index contributed by atoms with van der Waals surface area (Å²) in [6.07, 6.45) is 3.18. The number of thioether (sulfide) groups is 1. The highest BCUT2D eigenvalue weighted by atomic mass is 32.2. The smallest absolute Gasteiger partial charge is 0.243 e. The van der Waals surface area contributed by atoms with E-state index in [1.165, 1.54) is 16.7 Å². The van der Waals surface area contributed by atoms with Crippen LogP contribution in [0.4, 0.5) is 5.69 Å². The zero-order chi connectivity index (χ0) is 20.6. The highest BCUT2D eigenvalue weighted by Crippen LogP contribution is 2.18. The van der Waals surface area contributed by atoms with Crippen LogP contribution in [0.5, 0.6) is 5.75 Å². The van der Waals surface area contributed by atoms with Gasteiger partial charge in [0.15, 0.2) is 5.16 Å². The van der Waals surface area contributed by atoms with E-state index in [0.29, 0.717) is 23.1 Å². The number of furan rings is 1. The van der Waals surface area contributed by atoms with Crippen LogP contribution >= 0.6 is 11.8 Å². The van der Waals surface area contributed by atoms with Crippen LogP contribution < -0.4 is 10.1 Å². The van der Waals surface area contributed by atoms with E-state index in [9.17, 15) is 9.59 Å².